The molecular formula is C20H27BN2O5. The number of carbonyl (C=O) groups is 2. The highest BCUT2D eigenvalue weighted by molar-refractivity contribution is 6.43. The van der Waals surface area contributed by atoms with E-state index in [9.17, 15) is 19.6 Å². The molecule has 1 aliphatic carbocycles. The van der Waals surface area contributed by atoms with E-state index < -0.39 is 19.2 Å². The Morgan fingerprint density at radius 1 is 1.39 bits per heavy atom. The Kier molecular flexibility index (Phi) is 6.10. The van der Waals surface area contributed by atoms with Gasteiger partial charge in [-0.25, -0.2) is 4.79 Å². The zero-order valence-electron chi connectivity index (χ0n) is 16.2. The van der Waals surface area contributed by atoms with Crippen LogP contribution in [-0.2, 0) is 16.0 Å². The fourth-order valence-electron chi connectivity index (χ4n) is 4.21. The molecular weight excluding hydrogens is 359 g/mol. The molecule has 1 aromatic carbocycles. The first-order valence-electron chi connectivity index (χ1n) is 9.59. The van der Waals surface area contributed by atoms with Gasteiger partial charge in [-0.05, 0) is 42.7 Å². The normalized spacial score (nSPS) is 26.2. The van der Waals surface area contributed by atoms with Crippen LogP contribution in [0.1, 0.15) is 18.1 Å². The van der Waals surface area contributed by atoms with Crippen molar-refractivity contribution in [3.8, 4) is 0 Å². The molecule has 5 atom stereocenters. The number of amides is 2. The maximum atomic E-state index is 12.2. The van der Waals surface area contributed by atoms with Crippen molar-refractivity contribution >= 4 is 19.1 Å². The van der Waals surface area contributed by atoms with Crippen molar-refractivity contribution in [3.05, 3.63) is 48.0 Å². The second-order valence-corrected chi connectivity index (χ2v) is 7.82. The lowest BCUT2D eigenvalue weighted by atomic mass is 9.76. The van der Waals surface area contributed by atoms with Crippen LogP contribution in [0.4, 0.5) is 4.79 Å². The number of alkyl carbamates (subject to hydrolysis) is 1. The highest BCUT2D eigenvalue weighted by Gasteiger charge is 2.59. The lowest BCUT2D eigenvalue weighted by molar-refractivity contribution is -0.128. The number of piperidine rings is 1. The van der Waals surface area contributed by atoms with Gasteiger partial charge < -0.3 is 25.0 Å². The van der Waals surface area contributed by atoms with Crippen LogP contribution in [0.15, 0.2) is 36.9 Å². The van der Waals surface area contributed by atoms with E-state index in [2.05, 4.69) is 18.8 Å². The number of benzene rings is 1. The predicted octanol–water partition coefficient (Wildman–Crippen LogP) is 0.923. The molecule has 1 saturated carbocycles. The van der Waals surface area contributed by atoms with E-state index in [1.165, 1.54) is 6.08 Å². The first kappa shape index (κ1) is 20.4. The summed E-state index contributed by atoms with van der Waals surface area (Å²) in [7, 11) is -1.72. The van der Waals surface area contributed by atoms with E-state index in [1.807, 2.05) is 31.2 Å². The molecule has 1 heterocycles. The minimum absolute atomic E-state index is 0.0791. The van der Waals surface area contributed by atoms with Crippen molar-refractivity contribution in [2.75, 3.05) is 13.2 Å². The number of hydrogen-bond acceptors (Lipinski definition) is 5. The van der Waals surface area contributed by atoms with Crippen LogP contribution in [0.3, 0.4) is 0 Å². The monoisotopic (exact) mass is 386 g/mol. The van der Waals surface area contributed by atoms with Gasteiger partial charge in [0.1, 0.15) is 6.61 Å². The van der Waals surface area contributed by atoms with E-state index in [4.69, 9.17) is 4.74 Å². The fraction of sp³-hybridized carbons (Fsp3) is 0.500. The van der Waals surface area contributed by atoms with Crippen LogP contribution >= 0.6 is 0 Å². The van der Waals surface area contributed by atoms with Crippen LogP contribution in [-0.4, -0.2) is 59.2 Å². The zero-order chi connectivity index (χ0) is 20.4. The number of hydrogen-bond donors (Lipinski definition) is 3. The standard InChI is InChI=1S/C20H27BN2O5/c1-4-18(24)23-10-15-13(3)19(15)16(23)11-28-20(25)22-17(21(26)27)9-14-7-5-12(2)6-8-14/h4-8,13,15-17,19,26-27H,1,9-11H2,2-3H3,(H,22,25)/t13-,15?,16-,17-,19?/m0/s1. The summed E-state index contributed by atoms with van der Waals surface area (Å²) in [5, 5.41) is 21.7. The third-order valence-electron chi connectivity index (χ3n) is 5.97. The van der Waals surface area contributed by atoms with Crippen molar-refractivity contribution in [2.24, 2.45) is 17.8 Å². The van der Waals surface area contributed by atoms with E-state index in [1.54, 1.807) is 4.90 Å². The number of aryl methyl sites for hydroxylation is 1. The zero-order valence-corrected chi connectivity index (χ0v) is 16.2. The minimum Gasteiger partial charge on any atom is -0.447 e. The molecule has 0 aromatic heterocycles. The number of ether oxygens (including phenoxy) is 1. The predicted molar refractivity (Wildman–Crippen MR) is 105 cm³/mol. The van der Waals surface area contributed by atoms with Gasteiger partial charge in [0.25, 0.3) is 0 Å². The molecule has 0 radical (unpaired) electrons. The van der Waals surface area contributed by atoms with Gasteiger partial charge in [-0.3, -0.25) is 4.79 Å². The van der Waals surface area contributed by atoms with Crippen molar-refractivity contribution in [1.29, 1.82) is 0 Å². The highest BCUT2D eigenvalue weighted by atomic mass is 16.5. The van der Waals surface area contributed by atoms with Crippen molar-refractivity contribution in [1.82, 2.24) is 10.2 Å². The van der Waals surface area contributed by atoms with Crippen LogP contribution in [0.2, 0.25) is 0 Å². The lowest BCUT2D eigenvalue weighted by Crippen LogP contribution is -2.49. The third-order valence-corrected chi connectivity index (χ3v) is 5.97. The summed E-state index contributed by atoms with van der Waals surface area (Å²) in [6.45, 7) is 8.38. The Morgan fingerprint density at radius 3 is 2.68 bits per heavy atom. The second kappa shape index (κ2) is 8.37. The van der Waals surface area contributed by atoms with Gasteiger partial charge in [0, 0.05) is 6.54 Å². The number of carbonyl (C=O) groups excluding carboxylic acids is 2. The first-order valence-corrected chi connectivity index (χ1v) is 9.59. The summed E-state index contributed by atoms with van der Waals surface area (Å²) in [5.74, 6) is 0.255. The fourth-order valence-corrected chi connectivity index (χ4v) is 4.21. The summed E-state index contributed by atoms with van der Waals surface area (Å²) >= 11 is 0. The van der Waals surface area contributed by atoms with Crippen LogP contribution in [0, 0.1) is 24.7 Å². The maximum Gasteiger partial charge on any atom is 0.475 e. The molecule has 3 N–H and O–H groups in total. The Morgan fingerprint density at radius 2 is 2.07 bits per heavy atom. The molecule has 8 heteroatoms. The van der Waals surface area contributed by atoms with Crippen molar-refractivity contribution in [2.45, 2.75) is 32.3 Å². The molecule has 2 aliphatic rings. The van der Waals surface area contributed by atoms with Gasteiger partial charge in [0.05, 0.1) is 12.0 Å². The van der Waals surface area contributed by atoms with Gasteiger partial charge in [0.15, 0.2) is 0 Å². The topological polar surface area (TPSA) is 99.1 Å². The molecule has 0 bridgehead atoms. The summed E-state index contributed by atoms with van der Waals surface area (Å²) in [6.07, 6.45) is 0.814. The van der Waals surface area contributed by atoms with E-state index in [0.717, 1.165) is 11.1 Å². The van der Waals surface area contributed by atoms with Crippen LogP contribution in [0.25, 0.3) is 0 Å². The molecule has 3 rings (SSSR count). The second-order valence-electron chi connectivity index (χ2n) is 7.82. The van der Waals surface area contributed by atoms with E-state index in [0.29, 0.717) is 24.3 Å². The number of likely N-dealkylation sites (tertiary alicyclic amines) is 1. The summed E-state index contributed by atoms with van der Waals surface area (Å²) < 4.78 is 5.33. The molecule has 2 fully saturated rings. The largest absolute Gasteiger partial charge is 0.475 e. The molecule has 1 aromatic rings. The molecule has 0 spiro atoms. The Labute approximate surface area is 165 Å². The maximum absolute atomic E-state index is 12.2. The minimum atomic E-state index is -1.72. The third kappa shape index (κ3) is 4.39. The van der Waals surface area contributed by atoms with Gasteiger partial charge in [0.2, 0.25) is 5.91 Å². The number of nitrogens with one attached hydrogen (secondary N) is 1. The van der Waals surface area contributed by atoms with Crippen LogP contribution in [0.5, 0.6) is 0 Å². The molecule has 2 unspecified atom stereocenters. The smallest absolute Gasteiger partial charge is 0.447 e. The van der Waals surface area contributed by atoms with E-state index in [-0.39, 0.29) is 25.0 Å². The molecule has 1 aliphatic heterocycles. The molecule has 1 saturated heterocycles. The average Bonchev–Trinajstić information content (AvgIpc) is 3.12. The summed E-state index contributed by atoms with van der Waals surface area (Å²) in [4.78, 5) is 26.0. The van der Waals surface area contributed by atoms with Crippen molar-refractivity contribution in [3.63, 3.8) is 0 Å². The molecule has 150 valence electrons. The Hall–Kier alpha value is -2.32. The van der Waals surface area contributed by atoms with E-state index >= 15 is 0 Å². The summed E-state index contributed by atoms with van der Waals surface area (Å²) in [5.41, 5.74) is 1.97. The average molecular weight is 386 g/mol. The molecule has 7 nitrogen and oxygen atoms in total. The first-order chi connectivity index (χ1) is 13.3. The number of fused-ring (bicyclic) bond motifs is 1. The molecule has 2 amide bonds. The number of nitrogens with zero attached hydrogens (tertiary/aromatic N) is 1. The van der Waals surface area contributed by atoms with Crippen molar-refractivity contribution < 1.29 is 24.4 Å². The lowest BCUT2D eigenvalue weighted by Gasteiger charge is -2.27. The molecule has 28 heavy (non-hydrogen) atoms. The SMILES string of the molecule is C=CC(=O)N1CC2C([C@H]2C)[C@@H]1COC(=O)N[C@@H](Cc1ccc(C)cc1)B(O)O. The number of rotatable bonds is 7. The Bertz CT molecular complexity index is 739. The van der Waals surface area contributed by atoms with Gasteiger partial charge in [-0.1, -0.05) is 43.3 Å². The summed E-state index contributed by atoms with van der Waals surface area (Å²) in [6, 6.07) is 7.44. The van der Waals surface area contributed by atoms with Gasteiger partial charge in [-0.15, -0.1) is 0 Å². The quantitative estimate of drug-likeness (QED) is 0.478. The van der Waals surface area contributed by atoms with Gasteiger partial charge in [-0.2, -0.15) is 0 Å². The highest BCUT2D eigenvalue weighted by Crippen LogP contribution is 2.55. The van der Waals surface area contributed by atoms with Crippen LogP contribution < -0.4 is 5.32 Å². The Balaban J connectivity index is 1.55. The van der Waals surface area contributed by atoms with Gasteiger partial charge >= 0.3 is 13.2 Å².